The van der Waals surface area contributed by atoms with Crippen LogP contribution in [0.1, 0.15) is 11.1 Å². The first kappa shape index (κ1) is 11.3. The van der Waals surface area contributed by atoms with Gasteiger partial charge in [-0.15, -0.1) is 0 Å². The van der Waals surface area contributed by atoms with Gasteiger partial charge in [-0.2, -0.15) is 0 Å². The van der Waals surface area contributed by atoms with Crippen LogP contribution in [0.2, 0.25) is 0 Å². The maximum atomic E-state index is 12.1. The summed E-state index contributed by atoms with van der Waals surface area (Å²) in [7, 11) is 1.65. The molecule has 1 aliphatic carbocycles. The molecule has 98 valence electrons. The van der Waals surface area contributed by atoms with Crippen molar-refractivity contribution in [2.24, 2.45) is 0 Å². The zero-order valence-corrected chi connectivity index (χ0v) is 11.0. The van der Waals surface area contributed by atoms with E-state index in [9.17, 15) is 4.79 Å². The molecule has 3 nitrogen and oxygen atoms in total. The Morgan fingerprint density at radius 1 is 1.10 bits per heavy atom. The van der Waals surface area contributed by atoms with Gasteiger partial charge in [0.1, 0.15) is 11.5 Å². The first-order valence-electron chi connectivity index (χ1n) is 6.50. The predicted molar refractivity (Wildman–Crippen MR) is 77.3 cm³/mol. The Morgan fingerprint density at radius 2 is 1.90 bits per heavy atom. The Kier molecular flexibility index (Phi) is 2.24. The zero-order valence-electron chi connectivity index (χ0n) is 11.0. The molecule has 0 fully saturated rings. The highest BCUT2D eigenvalue weighted by Gasteiger charge is 2.24. The van der Waals surface area contributed by atoms with Crippen LogP contribution in [0.5, 0.6) is 5.75 Å². The topological polar surface area (TPSA) is 39.4 Å². The molecule has 0 N–H and O–H groups in total. The number of fused-ring (bicyclic) bond motifs is 5. The molecule has 1 aromatic heterocycles. The van der Waals surface area contributed by atoms with Crippen molar-refractivity contribution in [2.45, 2.75) is 6.42 Å². The second-order valence-corrected chi connectivity index (χ2v) is 4.94. The average Bonchev–Trinajstić information content (AvgIpc) is 2.85. The summed E-state index contributed by atoms with van der Waals surface area (Å²) in [6.07, 6.45) is 0.770. The van der Waals surface area contributed by atoms with Gasteiger partial charge in [0.2, 0.25) is 0 Å². The van der Waals surface area contributed by atoms with E-state index in [1.807, 2.05) is 42.5 Å². The first-order chi connectivity index (χ1) is 9.78. The van der Waals surface area contributed by atoms with E-state index in [1.165, 1.54) is 0 Å². The molecule has 0 saturated heterocycles. The molecule has 0 amide bonds. The van der Waals surface area contributed by atoms with Crippen molar-refractivity contribution >= 4 is 10.8 Å². The molecular weight excluding hydrogens is 252 g/mol. The minimum Gasteiger partial charge on any atom is -0.497 e. The highest BCUT2D eigenvalue weighted by molar-refractivity contribution is 5.91. The molecule has 0 atom stereocenters. The zero-order chi connectivity index (χ0) is 13.7. The highest BCUT2D eigenvalue weighted by atomic mass is 16.5. The summed E-state index contributed by atoms with van der Waals surface area (Å²) in [4.78, 5) is 12.1. The second kappa shape index (κ2) is 3.97. The van der Waals surface area contributed by atoms with Crippen molar-refractivity contribution in [1.29, 1.82) is 0 Å². The molecule has 1 aliphatic rings. The minimum absolute atomic E-state index is 0.275. The molecule has 4 rings (SSSR count). The summed E-state index contributed by atoms with van der Waals surface area (Å²) in [5.74, 6) is 1.52. The van der Waals surface area contributed by atoms with Gasteiger partial charge in [-0.05, 0) is 35.2 Å². The van der Waals surface area contributed by atoms with E-state index in [0.29, 0.717) is 11.1 Å². The molecule has 0 radical (unpaired) electrons. The van der Waals surface area contributed by atoms with E-state index >= 15 is 0 Å². The fourth-order valence-electron chi connectivity index (χ4n) is 2.90. The van der Waals surface area contributed by atoms with Crippen LogP contribution in [0.3, 0.4) is 0 Å². The van der Waals surface area contributed by atoms with Gasteiger partial charge in [-0.3, -0.25) is 0 Å². The maximum absolute atomic E-state index is 12.1. The Bertz CT molecular complexity index is 890. The fraction of sp³-hybridized carbons (Fsp3) is 0.118. The van der Waals surface area contributed by atoms with Gasteiger partial charge in [0, 0.05) is 17.5 Å². The van der Waals surface area contributed by atoms with Crippen LogP contribution in [0.4, 0.5) is 0 Å². The molecule has 2 aromatic carbocycles. The van der Waals surface area contributed by atoms with Crippen molar-refractivity contribution in [2.75, 3.05) is 7.11 Å². The third-order valence-electron chi connectivity index (χ3n) is 3.87. The monoisotopic (exact) mass is 264 g/mol. The van der Waals surface area contributed by atoms with Gasteiger partial charge in [0.15, 0.2) is 0 Å². The number of benzene rings is 2. The lowest BCUT2D eigenvalue weighted by atomic mass is 10.1. The van der Waals surface area contributed by atoms with E-state index in [2.05, 4.69) is 0 Å². The van der Waals surface area contributed by atoms with Gasteiger partial charge in [-0.25, -0.2) is 4.79 Å². The number of rotatable bonds is 1. The second-order valence-electron chi connectivity index (χ2n) is 4.94. The van der Waals surface area contributed by atoms with E-state index < -0.39 is 0 Å². The minimum atomic E-state index is -0.275. The molecule has 0 bridgehead atoms. The van der Waals surface area contributed by atoms with Crippen molar-refractivity contribution in [3.8, 4) is 17.1 Å². The molecule has 20 heavy (non-hydrogen) atoms. The van der Waals surface area contributed by atoms with Crippen LogP contribution in [0.25, 0.3) is 22.1 Å². The average molecular weight is 264 g/mol. The summed E-state index contributed by atoms with van der Waals surface area (Å²) < 4.78 is 10.8. The Labute approximate surface area is 115 Å². The van der Waals surface area contributed by atoms with Crippen LogP contribution < -0.4 is 10.4 Å². The van der Waals surface area contributed by atoms with Crippen LogP contribution in [-0.2, 0) is 6.42 Å². The molecule has 0 unspecified atom stereocenters. The third-order valence-corrected chi connectivity index (χ3v) is 3.87. The first-order valence-corrected chi connectivity index (χ1v) is 6.50. The van der Waals surface area contributed by atoms with Crippen molar-refractivity contribution in [3.63, 3.8) is 0 Å². The van der Waals surface area contributed by atoms with Crippen LogP contribution in [0, 0.1) is 0 Å². The predicted octanol–water partition coefficient (Wildman–Crippen LogP) is 3.37. The van der Waals surface area contributed by atoms with Gasteiger partial charge in [-0.1, -0.05) is 18.2 Å². The third kappa shape index (κ3) is 1.43. The standard InChI is InChI=1S/C17H12O3/c1-19-11-6-7-12-10(8-11)9-15-13-4-2-3-5-14(13)17(18)20-16(12)15/h2-8H,9H2,1H3. The molecule has 1 heterocycles. The largest absolute Gasteiger partial charge is 0.497 e. The summed E-state index contributed by atoms with van der Waals surface area (Å²) in [5, 5.41) is 1.62. The lowest BCUT2D eigenvalue weighted by Crippen LogP contribution is -2.01. The molecular formula is C17H12O3. The SMILES string of the molecule is COc1ccc2c(c1)Cc1c-2oc(=O)c2ccccc12. The van der Waals surface area contributed by atoms with E-state index in [-0.39, 0.29) is 5.63 Å². The van der Waals surface area contributed by atoms with Crippen molar-refractivity contribution in [3.05, 3.63) is 64.0 Å². The van der Waals surface area contributed by atoms with E-state index in [1.54, 1.807) is 7.11 Å². The lowest BCUT2D eigenvalue weighted by Gasteiger charge is -2.03. The van der Waals surface area contributed by atoms with E-state index in [4.69, 9.17) is 9.15 Å². The van der Waals surface area contributed by atoms with E-state index in [0.717, 1.165) is 34.2 Å². The van der Waals surface area contributed by atoms with Crippen molar-refractivity contribution in [1.82, 2.24) is 0 Å². The molecule has 3 aromatic rings. The van der Waals surface area contributed by atoms with Gasteiger partial charge in [0.05, 0.1) is 12.5 Å². The smallest absolute Gasteiger partial charge is 0.344 e. The van der Waals surface area contributed by atoms with Gasteiger partial charge < -0.3 is 9.15 Å². The Morgan fingerprint density at radius 3 is 2.70 bits per heavy atom. The number of ether oxygens (including phenoxy) is 1. The normalized spacial score (nSPS) is 12.2. The highest BCUT2D eigenvalue weighted by Crippen LogP contribution is 2.40. The van der Waals surface area contributed by atoms with Gasteiger partial charge in [0.25, 0.3) is 0 Å². The van der Waals surface area contributed by atoms with Crippen LogP contribution in [-0.4, -0.2) is 7.11 Å². The van der Waals surface area contributed by atoms with Crippen LogP contribution >= 0.6 is 0 Å². The number of methoxy groups -OCH3 is 1. The van der Waals surface area contributed by atoms with Gasteiger partial charge >= 0.3 is 5.63 Å². The quantitative estimate of drug-likeness (QED) is 0.529. The summed E-state index contributed by atoms with van der Waals surface area (Å²) in [6.45, 7) is 0. The summed E-state index contributed by atoms with van der Waals surface area (Å²) >= 11 is 0. The summed E-state index contributed by atoms with van der Waals surface area (Å²) in [5.41, 5.74) is 2.94. The maximum Gasteiger partial charge on any atom is 0.344 e. The van der Waals surface area contributed by atoms with Crippen molar-refractivity contribution < 1.29 is 9.15 Å². The number of hydrogen-bond donors (Lipinski definition) is 0. The summed E-state index contributed by atoms with van der Waals surface area (Å²) in [6, 6.07) is 13.5. The Hall–Kier alpha value is -2.55. The Balaban J connectivity index is 2.05. The molecule has 3 heteroatoms. The lowest BCUT2D eigenvalue weighted by molar-refractivity contribution is 0.414. The molecule has 0 aliphatic heterocycles. The molecule has 0 saturated carbocycles. The molecule has 0 spiro atoms. The number of hydrogen-bond acceptors (Lipinski definition) is 3. The van der Waals surface area contributed by atoms with Crippen LogP contribution in [0.15, 0.2) is 51.7 Å². The fourth-order valence-corrected chi connectivity index (χ4v) is 2.90.